The molecule has 0 bridgehead atoms. The maximum Gasteiger partial charge on any atom is 0.326 e. The van der Waals surface area contributed by atoms with Crippen molar-refractivity contribution in [3.8, 4) is 0 Å². The number of rotatable bonds is 17. The summed E-state index contributed by atoms with van der Waals surface area (Å²) in [4.78, 5) is 49.2. The summed E-state index contributed by atoms with van der Waals surface area (Å²) in [6, 6.07) is -3.66. The molecule has 0 saturated heterocycles. The van der Waals surface area contributed by atoms with Crippen LogP contribution in [0.5, 0.6) is 0 Å². The van der Waals surface area contributed by atoms with Crippen LogP contribution >= 0.6 is 47.9 Å². The number of hydrogen-bond donors (Lipinski definition) is 6. The molecule has 0 saturated carbocycles. The summed E-state index contributed by atoms with van der Waals surface area (Å²) in [5.74, 6) is -0.767. The maximum absolute atomic E-state index is 12.9. The first-order chi connectivity index (χ1) is 14.7. The largest absolute Gasteiger partial charge is 0.480 e. The first-order valence-corrected chi connectivity index (χ1v) is 14.5. The minimum Gasteiger partial charge on any atom is -0.480 e. The zero-order chi connectivity index (χ0) is 23.8. The second kappa shape index (κ2) is 17.8. The molecule has 0 spiro atoms. The smallest absolute Gasteiger partial charge is 0.326 e. The summed E-state index contributed by atoms with van der Waals surface area (Å²) in [6.45, 7) is 0. The number of carboxylic acid groups (broad SMARTS) is 1. The van der Waals surface area contributed by atoms with E-state index in [4.69, 9.17) is 5.73 Å². The predicted octanol–water partition coefficient (Wildman–Crippen LogP) is 0.0418. The number of carbonyl (C=O) groups excluding carboxylic acids is 3. The molecule has 0 aromatic rings. The third-order valence-corrected chi connectivity index (χ3v) is 6.57. The fraction of sp³-hybridized carbons (Fsp3) is 0.778. The van der Waals surface area contributed by atoms with Crippen molar-refractivity contribution < 1.29 is 24.3 Å². The van der Waals surface area contributed by atoms with E-state index in [1.807, 2.05) is 18.8 Å². The Morgan fingerprint density at radius 2 is 1.13 bits per heavy atom. The molecule has 0 fully saturated rings. The van der Waals surface area contributed by atoms with Crippen molar-refractivity contribution in [1.29, 1.82) is 0 Å². The van der Waals surface area contributed by atoms with Crippen LogP contribution in [0.4, 0.5) is 0 Å². The number of nitrogens with two attached hydrogens (primary N) is 1. The van der Waals surface area contributed by atoms with Gasteiger partial charge in [-0.15, -0.1) is 0 Å². The summed E-state index contributed by atoms with van der Waals surface area (Å²) in [7, 11) is 0. The average molecular weight is 515 g/mol. The molecule has 3 amide bonds. The number of aliphatic carboxylic acids is 1. The Bertz CT molecular complexity index is 585. The summed E-state index contributed by atoms with van der Waals surface area (Å²) < 4.78 is 0. The molecule has 0 aliphatic rings. The predicted molar refractivity (Wildman–Crippen MR) is 134 cm³/mol. The number of amides is 3. The van der Waals surface area contributed by atoms with Gasteiger partial charge < -0.3 is 26.8 Å². The molecule has 0 aromatic carbocycles. The number of thioether (sulfide) groups is 3. The Morgan fingerprint density at radius 1 is 0.774 bits per heavy atom. The van der Waals surface area contributed by atoms with Crippen molar-refractivity contribution >= 4 is 71.6 Å². The van der Waals surface area contributed by atoms with E-state index >= 15 is 0 Å². The van der Waals surface area contributed by atoms with Gasteiger partial charge in [-0.05, 0) is 55.3 Å². The van der Waals surface area contributed by atoms with E-state index in [2.05, 4.69) is 28.6 Å². The molecule has 0 rings (SSSR count). The number of carbonyl (C=O) groups is 4. The van der Waals surface area contributed by atoms with Crippen LogP contribution in [0, 0.1) is 0 Å². The first-order valence-electron chi connectivity index (χ1n) is 9.68. The minimum absolute atomic E-state index is 0.133. The Morgan fingerprint density at radius 3 is 1.48 bits per heavy atom. The second-order valence-corrected chi connectivity index (χ2v) is 9.98. The molecule has 13 heteroatoms. The highest BCUT2D eigenvalue weighted by Crippen LogP contribution is 2.07. The molecular weight excluding hydrogens is 480 g/mol. The topological polar surface area (TPSA) is 151 Å². The van der Waals surface area contributed by atoms with Gasteiger partial charge in [0.05, 0.1) is 6.04 Å². The van der Waals surface area contributed by atoms with E-state index in [1.54, 1.807) is 0 Å². The monoisotopic (exact) mass is 514 g/mol. The molecule has 0 aliphatic heterocycles. The SMILES string of the molecule is CSCCC(NC(=O)C(CCSC)NC(=O)C(CCSC)NC(=O)C(N)CS)C(=O)O. The lowest BCUT2D eigenvalue weighted by atomic mass is 10.1. The lowest BCUT2D eigenvalue weighted by Gasteiger charge is -2.25. The van der Waals surface area contributed by atoms with Crippen LogP contribution in [-0.2, 0) is 19.2 Å². The van der Waals surface area contributed by atoms with Crippen molar-refractivity contribution in [3.63, 3.8) is 0 Å². The zero-order valence-corrected chi connectivity index (χ0v) is 21.4. The van der Waals surface area contributed by atoms with Gasteiger partial charge >= 0.3 is 5.97 Å². The van der Waals surface area contributed by atoms with Crippen LogP contribution in [-0.4, -0.2) is 94.7 Å². The summed E-state index contributed by atoms with van der Waals surface area (Å²) >= 11 is 8.50. The van der Waals surface area contributed by atoms with Crippen LogP contribution in [0.2, 0.25) is 0 Å². The normalized spacial score (nSPS) is 14.7. The van der Waals surface area contributed by atoms with E-state index in [0.29, 0.717) is 30.1 Å². The van der Waals surface area contributed by atoms with Crippen molar-refractivity contribution in [2.45, 2.75) is 43.4 Å². The van der Waals surface area contributed by atoms with Gasteiger partial charge in [0.2, 0.25) is 17.7 Å². The summed E-state index contributed by atoms with van der Waals surface area (Å²) in [5, 5.41) is 17.2. The highest BCUT2D eigenvalue weighted by Gasteiger charge is 2.29. The third kappa shape index (κ3) is 12.8. The molecule has 0 radical (unpaired) electrons. The Kier molecular flexibility index (Phi) is 17.3. The molecule has 9 nitrogen and oxygen atoms in total. The van der Waals surface area contributed by atoms with Gasteiger partial charge in [-0.3, -0.25) is 14.4 Å². The van der Waals surface area contributed by atoms with Crippen LogP contribution < -0.4 is 21.7 Å². The molecule has 31 heavy (non-hydrogen) atoms. The number of thiol groups is 1. The Hall–Kier alpha value is -0.760. The second-order valence-electron chi connectivity index (χ2n) is 6.66. The maximum atomic E-state index is 12.9. The van der Waals surface area contributed by atoms with Crippen molar-refractivity contribution in [2.75, 3.05) is 41.8 Å². The van der Waals surface area contributed by atoms with E-state index in [1.165, 1.54) is 35.3 Å². The first kappa shape index (κ1) is 30.2. The molecule has 4 unspecified atom stereocenters. The van der Waals surface area contributed by atoms with Gasteiger partial charge in [-0.1, -0.05) is 0 Å². The lowest BCUT2D eigenvalue weighted by Crippen LogP contribution is -2.57. The average Bonchev–Trinajstić information content (AvgIpc) is 2.75. The molecule has 180 valence electrons. The molecule has 0 aliphatic carbocycles. The quantitative estimate of drug-likeness (QED) is 0.148. The van der Waals surface area contributed by atoms with Crippen LogP contribution in [0.1, 0.15) is 19.3 Å². The van der Waals surface area contributed by atoms with E-state index in [-0.39, 0.29) is 12.2 Å². The van der Waals surface area contributed by atoms with E-state index in [0.717, 1.165) is 0 Å². The minimum atomic E-state index is -1.12. The van der Waals surface area contributed by atoms with Crippen molar-refractivity contribution in [3.05, 3.63) is 0 Å². The van der Waals surface area contributed by atoms with Crippen molar-refractivity contribution in [1.82, 2.24) is 16.0 Å². The molecular formula is C18H34N4O5S4. The molecule has 0 heterocycles. The van der Waals surface area contributed by atoms with Gasteiger partial charge in [-0.25, -0.2) is 4.79 Å². The van der Waals surface area contributed by atoms with E-state index in [9.17, 15) is 24.3 Å². The Balaban J connectivity index is 5.31. The fourth-order valence-electron chi connectivity index (χ4n) is 2.41. The summed E-state index contributed by atoms with van der Waals surface area (Å²) in [6.07, 6.45) is 6.57. The van der Waals surface area contributed by atoms with Gasteiger partial charge in [-0.2, -0.15) is 47.9 Å². The number of carboxylic acids is 1. The van der Waals surface area contributed by atoms with E-state index < -0.39 is 47.9 Å². The lowest BCUT2D eigenvalue weighted by molar-refractivity contribution is -0.142. The van der Waals surface area contributed by atoms with Gasteiger partial charge in [0.25, 0.3) is 0 Å². The van der Waals surface area contributed by atoms with Crippen LogP contribution in [0.25, 0.3) is 0 Å². The molecule has 6 N–H and O–H groups in total. The van der Waals surface area contributed by atoms with Crippen LogP contribution in [0.15, 0.2) is 0 Å². The third-order valence-electron chi connectivity index (χ3n) is 4.25. The standard InChI is InChI=1S/C18H34N4O5S4/c1-29-7-4-12(20-15(23)11(19)10-28)16(24)21-13(5-8-30-2)17(25)22-14(18(26)27)6-9-31-3/h11-14,28H,4-10,19H2,1-3H3,(H,20,23)(H,21,24)(H,22,25)(H,26,27). The number of nitrogens with one attached hydrogen (secondary N) is 3. The van der Waals surface area contributed by atoms with Gasteiger partial charge in [0, 0.05) is 5.75 Å². The zero-order valence-electron chi connectivity index (χ0n) is 18.1. The van der Waals surface area contributed by atoms with Gasteiger partial charge in [0.1, 0.15) is 18.1 Å². The van der Waals surface area contributed by atoms with Gasteiger partial charge in [0.15, 0.2) is 0 Å². The highest BCUT2D eigenvalue weighted by molar-refractivity contribution is 7.98. The van der Waals surface area contributed by atoms with Crippen molar-refractivity contribution in [2.24, 2.45) is 5.73 Å². The highest BCUT2D eigenvalue weighted by atomic mass is 32.2. The fourth-order valence-corrected chi connectivity index (χ4v) is 3.99. The summed E-state index contributed by atoms with van der Waals surface area (Å²) in [5.41, 5.74) is 5.68. The Labute approximate surface area is 202 Å². The number of hydrogen-bond acceptors (Lipinski definition) is 9. The molecule has 0 aromatic heterocycles. The molecule has 4 atom stereocenters. The van der Waals surface area contributed by atoms with Crippen LogP contribution in [0.3, 0.4) is 0 Å².